The molecule has 1 fully saturated rings. The lowest BCUT2D eigenvalue weighted by atomic mass is 9.96. The number of alkyl carbamates (subject to hydrolysis) is 1. The first-order valence-electron chi connectivity index (χ1n) is 15.1. The van der Waals surface area contributed by atoms with E-state index in [0.29, 0.717) is 31.4 Å². The number of rotatable bonds is 11. The van der Waals surface area contributed by atoms with Crippen molar-refractivity contribution in [3.05, 3.63) is 71.3 Å². The van der Waals surface area contributed by atoms with E-state index in [4.69, 9.17) is 9.47 Å². The van der Waals surface area contributed by atoms with Crippen molar-refractivity contribution < 1.29 is 41.8 Å². The van der Waals surface area contributed by atoms with Gasteiger partial charge in [0.25, 0.3) is 0 Å². The number of halogens is 3. The Morgan fingerprint density at radius 3 is 2.18 bits per heavy atom. The van der Waals surface area contributed by atoms with E-state index in [2.05, 4.69) is 10.6 Å². The number of ether oxygens (including phenoxy) is 2. The molecule has 0 bridgehead atoms. The average molecular weight is 634 g/mol. The largest absolute Gasteiger partial charge is 0.459 e. The van der Waals surface area contributed by atoms with Crippen molar-refractivity contribution in [1.82, 2.24) is 15.5 Å². The van der Waals surface area contributed by atoms with Crippen molar-refractivity contribution in [3.8, 4) is 0 Å². The van der Waals surface area contributed by atoms with Crippen LogP contribution in [0.5, 0.6) is 0 Å². The molecule has 4 atom stereocenters. The zero-order valence-corrected chi connectivity index (χ0v) is 26.3. The molecule has 1 unspecified atom stereocenters. The third-order valence-corrected chi connectivity index (χ3v) is 7.54. The van der Waals surface area contributed by atoms with E-state index in [1.165, 1.54) is 17.0 Å². The van der Waals surface area contributed by atoms with Crippen molar-refractivity contribution >= 4 is 23.9 Å². The van der Waals surface area contributed by atoms with Gasteiger partial charge in [-0.2, -0.15) is 13.2 Å². The highest BCUT2D eigenvalue weighted by Crippen LogP contribution is 2.29. The van der Waals surface area contributed by atoms with Gasteiger partial charge in [-0.3, -0.25) is 9.59 Å². The standard InChI is InChI=1S/C33H42F3N3O6/c1-6-21(2)27(29(41)39-18-10-13-26(39)30(42)44-20-23-11-8-7-9-12-23)38-28(40)25(37-31(43)45-32(3,4)5)19-22-14-16-24(17-15-22)33(34,35)36/h7-9,11-12,14-17,21,25-27H,6,10,13,18-20H2,1-5H3,(H,37,43)(H,38,40)/t21?,25-,26-,27+/m1/s1. The lowest BCUT2D eigenvalue weighted by Crippen LogP contribution is -2.58. The van der Waals surface area contributed by atoms with E-state index in [1.807, 2.05) is 37.3 Å². The third kappa shape index (κ3) is 10.5. The molecule has 1 heterocycles. The Morgan fingerprint density at radius 2 is 1.60 bits per heavy atom. The molecule has 2 aromatic carbocycles. The average Bonchev–Trinajstić information content (AvgIpc) is 3.47. The smallest absolute Gasteiger partial charge is 0.416 e. The molecule has 0 radical (unpaired) electrons. The number of carbonyl (C=O) groups excluding carboxylic acids is 4. The number of alkyl halides is 3. The summed E-state index contributed by atoms with van der Waals surface area (Å²) in [6.07, 6.45) is -4.09. The molecule has 9 nitrogen and oxygen atoms in total. The Bertz CT molecular complexity index is 1310. The van der Waals surface area contributed by atoms with Crippen LogP contribution >= 0.6 is 0 Å². The quantitative estimate of drug-likeness (QED) is 0.320. The molecule has 0 spiro atoms. The Hall–Kier alpha value is -4.09. The van der Waals surface area contributed by atoms with Crippen LogP contribution in [0.3, 0.4) is 0 Å². The van der Waals surface area contributed by atoms with Crippen LogP contribution in [0.15, 0.2) is 54.6 Å². The van der Waals surface area contributed by atoms with Gasteiger partial charge in [0, 0.05) is 13.0 Å². The fourth-order valence-corrected chi connectivity index (χ4v) is 4.94. The highest BCUT2D eigenvalue weighted by Gasteiger charge is 2.41. The van der Waals surface area contributed by atoms with Crippen molar-refractivity contribution in [2.24, 2.45) is 5.92 Å². The normalized spacial score (nSPS) is 17.2. The minimum absolute atomic E-state index is 0.0612. The Morgan fingerprint density at radius 1 is 0.956 bits per heavy atom. The zero-order chi connectivity index (χ0) is 33.4. The third-order valence-electron chi connectivity index (χ3n) is 7.54. The summed E-state index contributed by atoms with van der Waals surface area (Å²) in [5.41, 5.74) is -0.569. The van der Waals surface area contributed by atoms with E-state index in [-0.39, 0.29) is 18.9 Å². The topological polar surface area (TPSA) is 114 Å². The SMILES string of the molecule is CCC(C)[C@H](NC(=O)[C@@H](Cc1ccc(C(F)(F)F)cc1)NC(=O)OC(C)(C)C)C(=O)N1CCC[C@@H]1C(=O)OCc1ccccc1. The molecule has 2 aromatic rings. The van der Waals surface area contributed by atoms with Gasteiger partial charge in [0.2, 0.25) is 11.8 Å². The Kier molecular flexibility index (Phi) is 12.0. The molecule has 3 rings (SSSR count). The number of nitrogens with zero attached hydrogens (tertiary/aromatic N) is 1. The van der Waals surface area contributed by atoms with Gasteiger partial charge >= 0.3 is 18.2 Å². The summed E-state index contributed by atoms with van der Waals surface area (Å²) in [5, 5.41) is 5.26. The zero-order valence-electron chi connectivity index (χ0n) is 26.3. The van der Waals surface area contributed by atoms with Crippen LogP contribution in [-0.2, 0) is 43.1 Å². The second-order valence-electron chi connectivity index (χ2n) is 12.3. The molecule has 0 aliphatic carbocycles. The first-order valence-corrected chi connectivity index (χ1v) is 15.1. The Balaban J connectivity index is 1.79. The first kappa shape index (κ1) is 35.4. The molecule has 2 N–H and O–H groups in total. The van der Waals surface area contributed by atoms with Crippen LogP contribution < -0.4 is 10.6 Å². The maximum Gasteiger partial charge on any atom is 0.416 e. The van der Waals surface area contributed by atoms with Gasteiger partial charge in [0.15, 0.2) is 0 Å². The number of hydrogen-bond donors (Lipinski definition) is 2. The summed E-state index contributed by atoms with van der Waals surface area (Å²) >= 11 is 0. The molecular formula is C33H42F3N3O6. The van der Waals surface area contributed by atoms with E-state index in [1.54, 1.807) is 27.7 Å². The van der Waals surface area contributed by atoms with Crippen LogP contribution in [0.2, 0.25) is 0 Å². The molecule has 246 valence electrons. The van der Waals surface area contributed by atoms with Gasteiger partial charge in [-0.1, -0.05) is 62.7 Å². The number of hydrogen-bond acceptors (Lipinski definition) is 6. The predicted molar refractivity (Wildman–Crippen MR) is 161 cm³/mol. The van der Waals surface area contributed by atoms with E-state index < -0.39 is 59.3 Å². The van der Waals surface area contributed by atoms with Crippen molar-refractivity contribution in [2.75, 3.05) is 6.54 Å². The van der Waals surface area contributed by atoms with Crippen LogP contribution in [-0.4, -0.2) is 59.0 Å². The number of benzene rings is 2. The second kappa shape index (κ2) is 15.3. The van der Waals surface area contributed by atoms with Gasteiger partial charge in [-0.25, -0.2) is 9.59 Å². The van der Waals surface area contributed by atoms with E-state index in [9.17, 15) is 32.3 Å². The van der Waals surface area contributed by atoms with Crippen LogP contribution in [0, 0.1) is 5.92 Å². The number of esters is 1. The van der Waals surface area contributed by atoms with Crippen molar-refractivity contribution in [3.63, 3.8) is 0 Å². The summed E-state index contributed by atoms with van der Waals surface area (Å²) in [6, 6.07) is 10.3. The van der Waals surface area contributed by atoms with E-state index >= 15 is 0 Å². The number of amides is 3. The number of carbonyl (C=O) groups is 4. The van der Waals surface area contributed by atoms with Gasteiger partial charge in [-0.05, 0) is 62.8 Å². The molecule has 45 heavy (non-hydrogen) atoms. The van der Waals surface area contributed by atoms with Crippen molar-refractivity contribution in [2.45, 2.75) is 96.8 Å². The summed E-state index contributed by atoms with van der Waals surface area (Å²) in [7, 11) is 0. The molecule has 3 amide bonds. The lowest BCUT2D eigenvalue weighted by Gasteiger charge is -2.32. The van der Waals surface area contributed by atoms with Crippen LogP contribution in [0.25, 0.3) is 0 Å². The van der Waals surface area contributed by atoms with E-state index in [0.717, 1.165) is 17.7 Å². The minimum Gasteiger partial charge on any atom is -0.459 e. The van der Waals surface area contributed by atoms with Gasteiger partial charge in [0.1, 0.15) is 30.3 Å². The van der Waals surface area contributed by atoms with Gasteiger partial charge in [-0.15, -0.1) is 0 Å². The summed E-state index contributed by atoms with van der Waals surface area (Å²) < 4.78 is 50.1. The fraction of sp³-hybridized carbons (Fsp3) is 0.515. The van der Waals surface area contributed by atoms with Crippen LogP contribution in [0.1, 0.15) is 70.6 Å². The fourth-order valence-electron chi connectivity index (χ4n) is 4.94. The molecule has 1 saturated heterocycles. The highest BCUT2D eigenvalue weighted by molar-refractivity contribution is 5.93. The molecule has 0 saturated carbocycles. The summed E-state index contributed by atoms with van der Waals surface area (Å²) in [6.45, 7) is 8.94. The monoisotopic (exact) mass is 633 g/mol. The maximum atomic E-state index is 13.9. The Labute approximate surface area is 261 Å². The molecule has 0 aromatic heterocycles. The second-order valence-corrected chi connectivity index (χ2v) is 12.3. The summed E-state index contributed by atoms with van der Waals surface area (Å²) in [5.74, 6) is -2.06. The summed E-state index contributed by atoms with van der Waals surface area (Å²) in [4.78, 5) is 54.7. The highest BCUT2D eigenvalue weighted by atomic mass is 19.4. The maximum absolute atomic E-state index is 13.9. The number of nitrogens with one attached hydrogen (secondary N) is 2. The van der Waals surface area contributed by atoms with Gasteiger partial charge < -0.3 is 25.0 Å². The minimum atomic E-state index is -4.53. The predicted octanol–water partition coefficient (Wildman–Crippen LogP) is 5.41. The number of likely N-dealkylation sites (tertiary alicyclic amines) is 1. The molecule has 1 aliphatic rings. The van der Waals surface area contributed by atoms with Crippen molar-refractivity contribution in [1.29, 1.82) is 0 Å². The molecule has 12 heteroatoms. The molecular weight excluding hydrogens is 591 g/mol. The molecule has 1 aliphatic heterocycles. The first-order chi connectivity index (χ1) is 21.1. The van der Waals surface area contributed by atoms with Gasteiger partial charge in [0.05, 0.1) is 5.56 Å². The lowest BCUT2D eigenvalue weighted by molar-refractivity contribution is -0.155. The van der Waals surface area contributed by atoms with Crippen LogP contribution in [0.4, 0.5) is 18.0 Å².